The van der Waals surface area contributed by atoms with Crippen LogP contribution in [0.5, 0.6) is 5.88 Å². The Kier molecular flexibility index (Phi) is 4.35. The van der Waals surface area contributed by atoms with Gasteiger partial charge in [-0.25, -0.2) is 4.39 Å². The highest BCUT2D eigenvalue weighted by atomic mass is 19.1. The Bertz CT molecular complexity index is 1260. The summed E-state index contributed by atoms with van der Waals surface area (Å²) in [7, 11) is 0. The van der Waals surface area contributed by atoms with E-state index in [1.54, 1.807) is 24.3 Å². The Morgan fingerprint density at radius 1 is 1.28 bits per heavy atom. The molecule has 0 atom stereocenters. The molecular formula is C17H11FN6O5. The molecule has 0 saturated carbocycles. The molecule has 0 bridgehead atoms. The number of aromatic hydroxyl groups is 1. The van der Waals surface area contributed by atoms with Gasteiger partial charge in [0.15, 0.2) is 5.82 Å². The molecule has 0 spiro atoms. The zero-order valence-corrected chi connectivity index (χ0v) is 14.4. The molecule has 12 heteroatoms. The van der Waals surface area contributed by atoms with Crippen LogP contribution in [-0.2, 0) is 6.54 Å². The lowest BCUT2D eigenvalue weighted by atomic mass is 10.2. The molecule has 1 aromatic carbocycles. The molecule has 29 heavy (non-hydrogen) atoms. The molecule has 0 fully saturated rings. The molecule has 0 aliphatic carbocycles. The van der Waals surface area contributed by atoms with Crippen LogP contribution in [0.4, 0.5) is 10.1 Å². The summed E-state index contributed by atoms with van der Waals surface area (Å²) in [5, 5.41) is 28.7. The third-order valence-corrected chi connectivity index (χ3v) is 4.06. The lowest BCUT2D eigenvalue weighted by Gasteiger charge is -2.06. The van der Waals surface area contributed by atoms with E-state index >= 15 is 0 Å². The highest BCUT2D eigenvalue weighted by molar-refractivity contribution is 5.63. The smallest absolute Gasteiger partial charge is 0.395 e. The van der Waals surface area contributed by atoms with Gasteiger partial charge in [0, 0.05) is 11.6 Å². The van der Waals surface area contributed by atoms with Gasteiger partial charge in [-0.1, -0.05) is 23.4 Å². The lowest BCUT2D eigenvalue weighted by Crippen LogP contribution is -2.14. The molecule has 3 aromatic heterocycles. The maximum atomic E-state index is 14.1. The molecule has 0 unspecified atom stereocenters. The number of rotatable bonds is 5. The number of aromatic amines is 1. The van der Waals surface area contributed by atoms with E-state index < -0.39 is 27.9 Å². The minimum absolute atomic E-state index is 0.0259. The summed E-state index contributed by atoms with van der Waals surface area (Å²) >= 11 is 0. The number of benzene rings is 1. The second kappa shape index (κ2) is 6.99. The Hall–Kier alpha value is -4.35. The van der Waals surface area contributed by atoms with Gasteiger partial charge in [0.1, 0.15) is 23.5 Å². The quantitative estimate of drug-likeness (QED) is 0.383. The molecular weight excluding hydrogens is 387 g/mol. The molecule has 0 aliphatic rings. The number of H-pyrrole nitrogens is 1. The van der Waals surface area contributed by atoms with Gasteiger partial charge >= 0.3 is 11.2 Å². The van der Waals surface area contributed by atoms with Crippen LogP contribution in [0.25, 0.3) is 22.9 Å². The van der Waals surface area contributed by atoms with Gasteiger partial charge in [-0.2, -0.15) is 10.1 Å². The number of nitrogens with one attached hydrogen (secondary N) is 1. The van der Waals surface area contributed by atoms with E-state index in [4.69, 9.17) is 4.52 Å². The zero-order chi connectivity index (χ0) is 20.5. The molecule has 0 aliphatic heterocycles. The van der Waals surface area contributed by atoms with Crippen molar-refractivity contribution in [3.05, 3.63) is 74.5 Å². The van der Waals surface area contributed by atoms with Gasteiger partial charge in [-0.3, -0.25) is 24.6 Å². The van der Waals surface area contributed by atoms with Gasteiger partial charge in [0.25, 0.3) is 5.88 Å². The standard InChI is InChI=1S/C17H11FN6O5/c18-10-4-2-1-3-9(10)8-23-13(11-5-6-29-22-11)7-12(21-23)15-19-16(25)14(24(27)28)17(26)20-15/h1-7H,8H2,(H2,19,20,25,26). The highest BCUT2D eigenvalue weighted by Gasteiger charge is 2.24. The normalized spacial score (nSPS) is 10.9. The van der Waals surface area contributed by atoms with Crippen LogP contribution in [0, 0.1) is 15.9 Å². The molecule has 2 N–H and O–H groups in total. The topological polar surface area (TPSA) is 153 Å². The van der Waals surface area contributed by atoms with Crippen LogP contribution < -0.4 is 5.56 Å². The molecule has 0 radical (unpaired) electrons. The summed E-state index contributed by atoms with van der Waals surface area (Å²) in [6.07, 6.45) is 1.34. The van der Waals surface area contributed by atoms with Gasteiger partial charge in [-0.15, -0.1) is 0 Å². The van der Waals surface area contributed by atoms with Crippen LogP contribution in [0.2, 0.25) is 0 Å². The van der Waals surface area contributed by atoms with Crippen molar-refractivity contribution in [1.29, 1.82) is 0 Å². The highest BCUT2D eigenvalue weighted by Crippen LogP contribution is 2.26. The summed E-state index contributed by atoms with van der Waals surface area (Å²) in [6.45, 7) is 0.0259. The predicted molar refractivity (Wildman–Crippen MR) is 95.4 cm³/mol. The molecule has 0 saturated heterocycles. The molecule has 4 rings (SSSR count). The number of halogens is 1. The molecule has 0 amide bonds. The molecule has 11 nitrogen and oxygen atoms in total. The van der Waals surface area contributed by atoms with Gasteiger partial charge in [0.2, 0.25) is 0 Å². The van der Waals surface area contributed by atoms with E-state index in [0.29, 0.717) is 17.0 Å². The van der Waals surface area contributed by atoms with Crippen molar-refractivity contribution < 1.29 is 18.9 Å². The summed E-state index contributed by atoms with van der Waals surface area (Å²) in [4.78, 5) is 27.6. The van der Waals surface area contributed by atoms with Crippen molar-refractivity contribution in [3.63, 3.8) is 0 Å². The Labute approximate surface area is 160 Å². The first kappa shape index (κ1) is 18.0. The van der Waals surface area contributed by atoms with E-state index in [9.17, 15) is 24.4 Å². The van der Waals surface area contributed by atoms with Crippen molar-refractivity contribution >= 4 is 5.69 Å². The first-order valence-electron chi connectivity index (χ1n) is 8.14. The largest absolute Gasteiger partial charge is 0.488 e. The Morgan fingerprint density at radius 2 is 2.07 bits per heavy atom. The number of aromatic nitrogens is 5. The van der Waals surface area contributed by atoms with E-state index in [1.807, 2.05) is 0 Å². The fourth-order valence-electron chi connectivity index (χ4n) is 2.73. The van der Waals surface area contributed by atoms with Crippen LogP contribution in [-0.4, -0.2) is 34.9 Å². The first-order chi connectivity index (χ1) is 13.9. The predicted octanol–water partition coefficient (Wildman–Crippen LogP) is 2.09. The minimum atomic E-state index is -1.14. The van der Waals surface area contributed by atoms with E-state index in [-0.39, 0.29) is 18.1 Å². The summed E-state index contributed by atoms with van der Waals surface area (Å²) < 4.78 is 20.3. The molecule has 4 aromatic rings. The Balaban J connectivity index is 1.83. The lowest BCUT2D eigenvalue weighted by molar-refractivity contribution is -0.387. The van der Waals surface area contributed by atoms with Gasteiger partial charge in [-0.05, 0) is 12.1 Å². The van der Waals surface area contributed by atoms with Crippen molar-refractivity contribution in [1.82, 2.24) is 24.9 Å². The van der Waals surface area contributed by atoms with E-state index in [1.165, 1.54) is 23.1 Å². The van der Waals surface area contributed by atoms with Crippen molar-refractivity contribution in [2.75, 3.05) is 0 Å². The van der Waals surface area contributed by atoms with Gasteiger partial charge in [0.05, 0.1) is 17.2 Å². The van der Waals surface area contributed by atoms with Crippen LogP contribution in [0.3, 0.4) is 0 Å². The average molecular weight is 398 g/mol. The van der Waals surface area contributed by atoms with Crippen LogP contribution in [0.15, 0.2) is 52.0 Å². The fourth-order valence-corrected chi connectivity index (χ4v) is 2.73. The number of hydrogen-bond acceptors (Lipinski definition) is 8. The van der Waals surface area contributed by atoms with Crippen LogP contribution in [0.1, 0.15) is 5.56 Å². The SMILES string of the molecule is O=c1[nH]c(-c2cc(-c3ccon3)n(Cc3ccccc3F)n2)nc(O)c1[N+](=O)[O-]. The minimum Gasteiger partial charge on any atom is -0.488 e. The number of nitrogens with zero attached hydrogens (tertiary/aromatic N) is 5. The van der Waals surface area contributed by atoms with Gasteiger partial charge < -0.3 is 9.63 Å². The van der Waals surface area contributed by atoms with E-state index in [2.05, 4.69) is 20.2 Å². The second-order valence-corrected chi connectivity index (χ2v) is 5.89. The van der Waals surface area contributed by atoms with Crippen molar-refractivity contribution in [3.8, 4) is 28.8 Å². The zero-order valence-electron chi connectivity index (χ0n) is 14.4. The number of nitro groups is 1. The third kappa shape index (κ3) is 3.34. The first-order valence-corrected chi connectivity index (χ1v) is 8.14. The fraction of sp³-hybridized carbons (Fsp3) is 0.0588. The summed E-state index contributed by atoms with van der Waals surface area (Å²) in [5.41, 5.74) is -0.979. The second-order valence-electron chi connectivity index (χ2n) is 5.89. The summed E-state index contributed by atoms with van der Waals surface area (Å²) in [5.74, 6) is -1.68. The third-order valence-electron chi connectivity index (χ3n) is 4.06. The summed E-state index contributed by atoms with van der Waals surface area (Å²) in [6, 6.07) is 9.15. The molecule has 146 valence electrons. The van der Waals surface area contributed by atoms with Crippen molar-refractivity contribution in [2.24, 2.45) is 0 Å². The van der Waals surface area contributed by atoms with E-state index in [0.717, 1.165) is 0 Å². The monoisotopic (exact) mass is 398 g/mol. The maximum Gasteiger partial charge on any atom is 0.395 e. The van der Waals surface area contributed by atoms with Crippen LogP contribution >= 0.6 is 0 Å². The molecule has 3 heterocycles. The van der Waals surface area contributed by atoms with Crippen molar-refractivity contribution in [2.45, 2.75) is 6.54 Å². The Morgan fingerprint density at radius 3 is 2.72 bits per heavy atom. The number of hydrogen-bond donors (Lipinski definition) is 2. The maximum absolute atomic E-state index is 14.1. The average Bonchev–Trinajstić information content (AvgIpc) is 3.32.